The number of hydrogen-bond donors (Lipinski definition) is 0. The molecule has 0 spiro atoms. The van der Waals surface area contributed by atoms with Gasteiger partial charge in [0.2, 0.25) is 0 Å². The van der Waals surface area contributed by atoms with Gasteiger partial charge < -0.3 is 0 Å². The van der Waals surface area contributed by atoms with Gasteiger partial charge in [-0.05, 0) is 32.6 Å². The summed E-state index contributed by atoms with van der Waals surface area (Å²) in [5.41, 5.74) is 1.53. The summed E-state index contributed by atoms with van der Waals surface area (Å²) in [6.07, 6.45) is 10.5. The Morgan fingerprint density at radius 2 is 2.00 bits per heavy atom. The van der Waals surface area contributed by atoms with Crippen LogP contribution in [0.4, 0.5) is 0 Å². The maximum absolute atomic E-state index is 2.37. The van der Waals surface area contributed by atoms with Gasteiger partial charge in [0.25, 0.3) is 0 Å². The minimum Gasteiger partial charge on any atom is -0.0911 e. The Balaban J connectivity index is 4.09. The quantitative estimate of drug-likeness (QED) is 0.533. The lowest BCUT2D eigenvalue weighted by molar-refractivity contribution is 0.718. The molecule has 0 rings (SSSR count). The topological polar surface area (TPSA) is 0 Å². The maximum Gasteiger partial charge on any atom is -0.00288 e. The molecular weight excluding hydrogens is 144 g/mol. The van der Waals surface area contributed by atoms with E-state index in [1.807, 2.05) is 0 Å². The highest BCUT2D eigenvalue weighted by molar-refractivity contribution is 5.10. The molecule has 70 valence electrons. The van der Waals surface area contributed by atoms with Crippen molar-refractivity contribution < 1.29 is 0 Å². The average Bonchev–Trinajstić information content (AvgIpc) is 2.10. The van der Waals surface area contributed by atoms with Crippen LogP contribution in [0.25, 0.3) is 0 Å². The van der Waals surface area contributed by atoms with Crippen LogP contribution >= 0.6 is 0 Å². The summed E-state index contributed by atoms with van der Waals surface area (Å²) in [6, 6.07) is 0. The summed E-state index contributed by atoms with van der Waals surface area (Å²) in [5, 5.41) is 0. The monoisotopic (exact) mass is 166 g/mol. The average molecular weight is 166 g/mol. The fraction of sp³-hybridized carbons (Fsp3) is 0.667. The zero-order valence-electron chi connectivity index (χ0n) is 8.93. The molecular formula is C12H22. The Morgan fingerprint density at radius 3 is 2.42 bits per heavy atom. The molecule has 0 heteroatoms. The SMILES string of the molecule is CC=CC(CC)C(C)=CCCC. The van der Waals surface area contributed by atoms with Gasteiger partial charge in [-0.3, -0.25) is 0 Å². The number of unbranched alkanes of at least 4 members (excludes halogenated alkanes) is 1. The van der Waals surface area contributed by atoms with Gasteiger partial charge in [-0.25, -0.2) is 0 Å². The van der Waals surface area contributed by atoms with Crippen molar-refractivity contribution >= 4 is 0 Å². The van der Waals surface area contributed by atoms with E-state index in [-0.39, 0.29) is 0 Å². The normalized spacial score (nSPS) is 15.5. The van der Waals surface area contributed by atoms with Crippen molar-refractivity contribution in [3.05, 3.63) is 23.8 Å². The van der Waals surface area contributed by atoms with Gasteiger partial charge in [-0.2, -0.15) is 0 Å². The van der Waals surface area contributed by atoms with Gasteiger partial charge in [0.15, 0.2) is 0 Å². The van der Waals surface area contributed by atoms with Crippen LogP contribution in [-0.2, 0) is 0 Å². The second-order valence-electron chi connectivity index (χ2n) is 3.28. The summed E-state index contributed by atoms with van der Waals surface area (Å²) in [7, 11) is 0. The number of hydrogen-bond acceptors (Lipinski definition) is 0. The van der Waals surface area contributed by atoms with E-state index in [1.54, 1.807) is 0 Å². The third-order valence-corrected chi connectivity index (χ3v) is 2.20. The Hall–Kier alpha value is -0.520. The first-order valence-electron chi connectivity index (χ1n) is 5.05. The Labute approximate surface area is 77.4 Å². The molecule has 1 atom stereocenters. The smallest absolute Gasteiger partial charge is 0.00288 e. The highest BCUT2D eigenvalue weighted by Gasteiger charge is 2.01. The van der Waals surface area contributed by atoms with E-state index < -0.39 is 0 Å². The summed E-state index contributed by atoms with van der Waals surface area (Å²) < 4.78 is 0. The summed E-state index contributed by atoms with van der Waals surface area (Å²) >= 11 is 0. The lowest BCUT2D eigenvalue weighted by Crippen LogP contribution is -1.95. The van der Waals surface area contributed by atoms with E-state index in [0.29, 0.717) is 5.92 Å². The molecule has 0 aliphatic heterocycles. The van der Waals surface area contributed by atoms with E-state index in [2.05, 4.69) is 45.9 Å². The maximum atomic E-state index is 2.37. The Kier molecular flexibility index (Phi) is 6.84. The van der Waals surface area contributed by atoms with E-state index in [4.69, 9.17) is 0 Å². The highest BCUT2D eigenvalue weighted by atomic mass is 14.1. The van der Waals surface area contributed by atoms with E-state index in [9.17, 15) is 0 Å². The first-order valence-corrected chi connectivity index (χ1v) is 5.05. The molecule has 0 saturated carbocycles. The van der Waals surface area contributed by atoms with Crippen LogP contribution in [0.1, 0.15) is 47.0 Å². The molecule has 1 unspecified atom stereocenters. The second kappa shape index (κ2) is 7.15. The Morgan fingerprint density at radius 1 is 1.33 bits per heavy atom. The number of rotatable bonds is 5. The highest BCUT2D eigenvalue weighted by Crippen LogP contribution is 2.16. The third-order valence-electron chi connectivity index (χ3n) is 2.20. The molecule has 0 saturated heterocycles. The van der Waals surface area contributed by atoms with Crippen molar-refractivity contribution in [3.63, 3.8) is 0 Å². The molecule has 0 aromatic carbocycles. The van der Waals surface area contributed by atoms with E-state index >= 15 is 0 Å². The van der Waals surface area contributed by atoms with Crippen LogP contribution in [0.5, 0.6) is 0 Å². The molecule has 0 nitrogen and oxygen atoms in total. The fourth-order valence-corrected chi connectivity index (χ4v) is 1.37. The van der Waals surface area contributed by atoms with Crippen LogP contribution in [0.3, 0.4) is 0 Å². The number of allylic oxidation sites excluding steroid dienone is 4. The van der Waals surface area contributed by atoms with Crippen molar-refractivity contribution in [2.24, 2.45) is 5.92 Å². The molecule has 0 amide bonds. The van der Waals surface area contributed by atoms with Crippen LogP contribution < -0.4 is 0 Å². The third kappa shape index (κ3) is 4.38. The summed E-state index contributed by atoms with van der Waals surface area (Å²) in [4.78, 5) is 0. The molecule has 0 aromatic heterocycles. The molecule has 0 heterocycles. The molecule has 0 fully saturated rings. The van der Waals surface area contributed by atoms with Crippen LogP contribution in [0, 0.1) is 5.92 Å². The van der Waals surface area contributed by atoms with Crippen molar-refractivity contribution in [2.75, 3.05) is 0 Å². The first-order chi connectivity index (χ1) is 5.76. The van der Waals surface area contributed by atoms with Gasteiger partial charge in [0.05, 0.1) is 0 Å². The van der Waals surface area contributed by atoms with Crippen molar-refractivity contribution in [2.45, 2.75) is 47.0 Å². The van der Waals surface area contributed by atoms with Crippen molar-refractivity contribution in [3.8, 4) is 0 Å². The molecule has 0 radical (unpaired) electrons. The Bertz CT molecular complexity index is 151. The minimum atomic E-state index is 0.668. The molecule has 12 heavy (non-hydrogen) atoms. The standard InChI is InChI=1S/C12H22/c1-5-8-10-11(4)12(7-3)9-6-2/h6,9-10,12H,5,7-8H2,1-4H3. The zero-order valence-corrected chi connectivity index (χ0v) is 8.93. The summed E-state index contributed by atoms with van der Waals surface area (Å²) in [6.45, 7) is 8.80. The van der Waals surface area contributed by atoms with Gasteiger partial charge in [0, 0.05) is 0 Å². The fourth-order valence-electron chi connectivity index (χ4n) is 1.37. The van der Waals surface area contributed by atoms with Gasteiger partial charge >= 0.3 is 0 Å². The molecule has 0 bridgehead atoms. The van der Waals surface area contributed by atoms with Crippen molar-refractivity contribution in [1.29, 1.82) is 0 Å². The first kappa shape index (κ1) is 11.5. The second-order valence-corrected chi connectivity index (χ2v) is 3.28. The molecule has 0 N–H and O–H groups in total. The van der Waals surface area contributed by atoms with E-state index in [1.165, 1.54) is 24.8 Å². The van der Waals surface area contributed by atoms with Crippen LogP contribution in [0.2, 0.25) is 0 Å². The lowest BCUT2D eigenvalue weighted by Gasteiger charge is -2.10. The minimum absolute atomic E-state index is 0.668. The zero-order chi connectivity index (χ0) is 9.40. The largest absolute Gasteiger partial charge is 0.0911 e. The van der Waals surface area contributed by atoms with Gasteiger partial charge in [-0.1, -0.05) is 44.1 Å². The summed E-state index contributed by atoms with van der Waals surface area (Å²) in [5.74, 6) is 0.668. The van der Waals surface area contributed by atoms with E-state index in [0.717, 1.165) is 0 Å². The van der Waals surface area contributed by atoms with Crippen molar-refractivity contribution in [1.82, 2.24) is 0 Å². The molecule has 0 aromatic rings. The van der Waals surface area contributed by atoms with Crippen LogP contribution in [0.15, 0.2) is 23.8 Å². The van der Waals surface area contributed by atoms with Crippen LogP contribution in [-0.4, -0.2) is 0 Å². The molecule has 0 aliphatic rings. The predicted molar refractivity (Wildman–Crippen MR) is 57.3 cm³/mol. The molecule has 0 aliphatic carbocycles. The predicted octanol–water partition coefficient (Wildman–Crippen LogP) is 4.34. The lowest BCUT2D eigenvalue weighted by atomic mass is 9.96. The van der Waals surface area contributed by atoms with Gasteiger partial charge in [0.1, 0.15) is 0 Å². The van der Waals surface area contributed by atoms with Gasteiger partial charge in [-0.15, -0.1) is 0 Å².